The number of fused-ring (bicyclic) bond motifs is 5. The standard InChI is InChI=1S/C35H31N7/c1-4-31-37-33-20(2)17-21(3)36-35(33)42(31)30-19-22-9-5-6-10-25(22)28-16-14-24-18-23(13-15-27(24)32(28)30)26-11-7-8-12-29(26)34-38-40-41-39-34/h6-8,10-18,30H,4-5,9,19H2,1-3H3,(H,38,39,40,41). The third kappa shape index (κ3) is 3.76. The summed E-state index contributed by atoms with van der Waals surface area (Å²) >= 11 is 0. The molecule has 3 heterocycles. The van der Waals surface area contributed by atoms with Crippen LogP contribution in [0.2, 0.25) is 0 Å². The molecule has 206 valence electrons. The molecule has 2 aliphatic rings. The summed E-state index contributed by atoms with van der Waals surface area (Å²) in [6.07, 6.45) is 8.69. The monoisotopic (exact) mass is 549 g/mol. The molecule has 0 fully saturated rings. The van der Waals surface area contributed by atoms with E-state index in [1.807, 2.05) is 12.1 Å². The molecule has 0 radical (unpaired) electrons. The van der Waals surface area contributed by atoms with E-state index < -0.39 is 0 Å². The fourth-order valence-corrected chi connectivity index (χ4v) is 7.08. The number of rotatable bonds is 4. The summed E-state index contributed by atoms with van der Waals surface area (Å²) in [6, 6.07) is 22.0. The summed E-state index contributed by atoms with van der Waals surface area (Å²) in [4.78, 5) is 10.2. The Labute approximate surface area is 244 Å². The van der Waals surface area contributed by atoms with Crippen molar-refractivity contribution in [1.29, 1.82) is 0 Å². The lowest BCUT2D eigenvalue weighted by Gasteiger charge is -2.33. The Morgan fingerprint density at radius 2 is 1.83 bits per heavy atom. The molecule has 1 atom stereocenters. The molecule has 0 spiro atoms. The second-order valence-corrected chi connectivity index (χ2v) is 11.4. The largest absolute Gasteiger partial charge is 0.305 e. The molecule has 1 N–H and O–H groups in total. The number of tetrazole rings is 1. The smallest absolute Gasteiger partial charge is 0.205 e. The van der Waals surface area contributed by atoms with Crippen LogP contribution in [0.25, 0.3) is 50.0 Å². The topological polar surface area (TPSA) is 85.2 Å². The number of hydrogen-bond acceptors (Lipinski definition) is 5. The molecule has 1 unspecified atom stereocenters. The van der Waals surface area contributed by atoms with Gasteiger partial charge >= 0.3 is 0 Å². The molecule has 7 nitrogen and oxygen atoms in total. The molecule has 42 heavy (non-hydrogen) atoms. The maximum Gasteiger partial charge on any atom is 0.205 e. The molecule has 8 rings (SSSR count). The highest BCUT2D eigenvalue weighted by Gasteiger charge is 2.32. The summed E-state index contributed by atoms with van der Waals surface area (Å²) in [5.74, 6) is 1.69. The van der Waals surface area contributed by atoms with Crippen LogP contribution in [-0.2, 0) is 6.42 Å². The van der Waals surface area contributed by atoms with Crippen LogP contribution in [0.4, 0.5) is 0 Å². The molecule has 0 saturated heterocycles. The summed E-state index contributed by atoms with van der Waals surface area (Å²) in [5.41, 5.74) is 13.0. The molecule has 3 aromatic carbocycles. The molecule has 0 saturated carbocycles. The van der Waals surface area contributed by atoms with E-state index >= 15 is 0 Å². The average Bonchev–Trinajstić information content (AvgIpc) is 3.69. The minimum absolute atomic E-state index is 0.125. The molecule has 2 aliphatic carbocycles. The number of allylic oxidation sites excluding steroid dienone is 4. The Morgan fingerprint density at radius 3 is 2.67 bits per heavy atom. The molecule has 0 amide bonds. The van der Waals surface area contributed by atoms with Crippen molar-refractivity contribution < 1.29 is 0 Å². The molecule has 7 heteroatoms. The maximum absolute atomic E-state index is 5.14. The Morgan fingerprint density at radius 1 is 0.952 bits per heavy atom. The molecular formula is C35H31N7. The number of aromatic nitrogens is 7. The van der Waals surface area contributed by atoms with Gasteiger partial charge in [-0.3, -0.25) is 0 Å². The number of aromatic amines is 1. The van der Waals surface area contributed by atoms with Crippen molar-refractivity contribution in [2.45, 2.75) is 52.5 Å². The van der Waals surface area contributed by atoms with Crippen LogP contribution in [0, 0.1) is 13.8 Å². The van der Waals surface area contributed by atoms with Crippen LogP contribution in [0.1, 0.15) is 60.4 Å². The first-order valence-electron chi connectivity index (χ1n) is 14.7. The fraction of sp³-hybridized carbons (Fsp3) is 0.229. The number of aryl methyl sites for hydroxylation is 3. The van der Waals surface area contributed by atoms with Crippen LogP contribution >= 0.6 is 0 Å². The van der Waals surface area contributed by atoms with Gasteiger partial charge in [0.15, 0.2) is 5.65 Å². The number of nitrogens with zero attached hydrogens (tertiary/aromatic N) is 6. The molecule has 3 aromatic heterocycles. The lowest BCUT2D eigenvalue weighted by Crippen LogP contribution is -2.21. The predicted molar refractivity (Wildman–Crippen MR) is 167 cm³/mol. The molecule has 0 bridgehead atoms. The zero-order valence-electron chi connectivity index (χ0n) is 24.0. The molecule has 0 aliphatic heterocycles. The normalized spacial score (nSPS) is 16.3. The van der Waals surface area contributed by atoms with Gasteiger partial charge in [-0.25, -0.2) is 9.97 Å². The van der Waals surface area contributed by atoms with Gasteiger partial charge in [0.05, 0.1) is 6.04 Å². The van der Waals surface area contributed by atoms with Crippen molar-refractivity contribution in [3.05, 3.63) is 107 Å². The zero-order chi connectivity index (χ0) is 28.4. The maximum atomic E-state index is 5.14. The van der Waals surface area contributed by atoms with Gasteiger partial charge in [-0.2, -0.15) is 5.21 Å². The van der Waals surface area contributed by atoms with E-state index in [2.05, 4.69) is 107 Å². The van der Waals surface area contributed by atoms with E-state index in [1.165, 1.54) is 38.6 Å². The number of nitrogens with one attached hydrogen (secondary N) is 1. The van der Waals surface area contributed by atoms with Crippen molar-refractivity contribution >= 4 is 27.5 Å². The summed E-state index contributed by atoms with van der Waals surface area (Å²) < 4.78 is 2.45. The molecule has 6 aromatic rings. The van der Waals surface area contributed by atoms with Crippen LogP contribution in [0.15, 0.2) is 78.4 Å². The predicted octanol–water partition coefficient (Wildman–Crippen LogP) is 7.71. The van der Waals surface area contributed by atoms with Crippen LogP contribution in [0.5, 0.6) is 0 Å². The van der Waals surface area contributed by atoms with E-state index in [-0.39, 0.29) is 6.04 Å². The van der Waals surface area contributed by atoms with Crippen molar-refractivity contribution in [3.8, 4) is 22.5 Å². The third-order valence-corrected chi connectivity index (χ3v) is 8.90. The van der Waals surface area contributed by atoms with Crippen molar-refractivity contribution in [2.24, 2.45) is 0 Å². The number of benzene rings is 3. The van der Waals surface area contributed by atoms with Crippen LogP contribution in [0.3, 0.4) is 0 Å². The Bertz CT molecular complexity index is 2080. The van der Waals surface area contributed by atoms with Crippen molar-refractivity contribution in [1.82, 2.24) is 35.2 Å². The van der Waals surface area contributed by atoms with Gasteiger partial charge in [0.1, 0.15) is 11.3 Å². The SMILES string of the molecule is CCc1nc2c(C)cc(C)nc2n1C1CC2=C(C=CCC2)c2ccc3cc(-c4ccccc4-c4nn[nH]n4)ccc3c21. The fourth-order valence-electron chi connectivity index (χ4n) is 7.08. The minimum Gasteiger partial charge on any atom is -0.305 e. The van der Waals surface area contributed by atoms with Gasteiger partial charge in [0, 0.05) is 17.7 Å². The minimum atomic E-state index is 0.125. The highest BCUT2D eigenvalue weighted by molar-refractivity contribution is 5.97. The van der Waals surface area contributed by atoms with Crippen molar-refractivity contribution in [2.75, 3.05) is 0 Å². The second kappa shape index (κ2) is 9.58. The molecular weight excluding hydrogens is 518 g/mol. The van der Waals surface area contributed by atoms with Gasteiger partial charge < -0.3 is 4.57 Å². The number of hydrogen-bond donors (Lipinski definition) is 1. The Balaban J connectivity index is 1.37. The highest BCUT2D eigenvalue weighted by Crippen LogP contribution is 2.48. The van der Waals surface area contributed by atoms with Gasteiger partial charge in [-0.15, -0.1) is 10.2 Å². The van der Waals surface area contributed by atoms with E-state index in [0.717, 1.165) is 65.1 Å². The van der Waals surface area contributed by atoms with Crippen molar-refractivity contribution in [3.63, 3.8) is 0 Å². The van der Waals surface area contributed by atoms with Crippen LogP contribution in [-0.4, -0.2) is 35.2 Å². The highest BCUT2D eigenvalue weighted by atomic mass is 15.5. The van der Waals surface area contributed by atoms with Gasteiger partial charge in [-0.1, -0.05) is 73.2 Å². The van der Waals surface area contributed by atoms with Gasteiger partial charge in [0.2, 0.25) is 5.82 Å². The van der Waals surface area contributed by atoms with E-state index in [4.69, 9.17) is 9.97 Å². The van der Waals surface area contributed by atoms with E-state index in [0.29, 0.717) is 5.82 Å². The zero-order valence-corrected chi connectivity index (χ0v) is 24.0. The first kappa shape index (κ1) is 24.9. The first-order valence-corrected chi connectivity index (χ1v) is 14.7. The summed E-state index contributed by atoms with van der Waals surface area (Å²) in [5, 5.41) is 17.4. The Kier molecular flexibility index (Phi) is 5.67. The number of pyridine rings is 1. The summed E-state index contributed by atoms with van der Waals surface area (Å²) in [7, 11) is 0. The number of H-pyrrole nitrogens is 1. The van der Waals surface area contributed by atoms with Crippen LogP contribution < -0.4 is 0 Å². The Hall–Kier alpha value is -4.91. The second-order valence-electron chi connectivity index (χ2n) is 11.4. The first-order chi connectivity index (χ1) is 20.6. The number of imidazole rings is 1. The average molecular weight is 550 g/mol. The van der Waals surface area contributed by atoms with Gasteiger partial charge in [0.25, 0.3) is 0 Å². The van der Waals surface area contributed by atoms with E-state index in [9.17, 15) is 0 Å². The lowest BCUT2D eigenvalue weighted by molar-refractivity contribution is 0.553. The third-order valence-electron chi connectivity index (χ3n) is 8.90. The lowest BCUT2D eigenvalue weighted by atomic mass is 9.76. The quantitative estimate of drug-likeness (QED) is 0.243. The summed E-state index contributed by atoms with van der Waals surface area (Å²) in [6.45, 7) is 6.44. The van der Waals surface area contributed by atoms with Gasteiger partial charge in [-0.05, 0) is 94.6 Å². The van der Waals surface area contributed by atoms with E-state index in [1.54, 1.807) is 0 Å².